The van der Waals surface area contributed by atoms with Gasteiger partial charge in [-0.2, -0.15) is 0 Å². The third kappa shape index (κ3) is 3.95. The first-order valence-corrected chi connectivity index (χ1v) is 8.78. The summed E-state index contributed by atoms with van der Waals surface area (Å²) in [6.45, 7) is 0.183. The number of amides is 1. The number of alkyl carbamates (subject to hydrolysis) is 1. The first-order chi connectivity index (χ1) is 13.2. The number of hydrogen-bond acceptors (Lipinski definition) is 4. The Morgan fingerprint density at radius 2 is 1.70 bits per heavy atom. The fraction of sp³-hybridized carbons (Fsp3) is 0.273. The Kier molecular flexibility index (Phi) is 5.77. The number of ether oxygens (including phenoxy) is 2. The van der Waals surface area contributed by atoms with Crippen LogP contribution >= 0.6 is 0 Å². The van der Waals surface area contributed by atoms with Crippen LogP contribution in [0.25, 0.3) is 11.1 Å². The molecular formula is C22H21NO4. The van der Waals surface area contributed by atoms with E-state index in [0.717, 1.165) is 22.3 Å². The number of fused-ring (bicyclic) bond motifs is 3. The first kappa shape index (κ1) is 18.5. The fourth-order valence-corrected chi connectivity index (χ4v) is 3.40. The minimum atomic E-state index is -0.818. The highest BCUT2D eigenvalue weighted by molar-refractivity contribution is 5.82. The molecule has 0 spiro atoms. The summed E-state index contributed by atoms with van der Waals surface area (Å²) in [6, 6.07) is 15.4. The Labute approximate surface area is 158 Å². The lowest BCUT2D eigenvalue weighted by Gasteiger charge is -2.18. The smallest absolute Gasteiger partial charge is 0.407 e. The fourth-order valence-electron chi connectivity index (χ4n) is 3.40. The summed E-state index contributed by atoms with van der Waals surface area (Å²) in [5.41, 5.74) is 4.57. The van der Waals surface area contributed by atoms with E-state index in [-0.39, 0.29) is 12.5 Å². The molecule has 0 heterocycles. The molecule has 0 bridgehead atoms. The van der Waals surface area contributed by atoms with Crippen LogP contribution in [0.3, 0.4) is 0 Å². The Bertz CT molecular complexity index is 838. The van der Waals surface area contributed by atoms with Crippen molar-refractivity contribution in [3.05, 3.63) is 59.7 Å². The molecule has 0 unspecified atom stereocenters. The molecular weight excluding hydrogens is 342 g/mol. The second-order valence-electron chi connectivity index (χ2n) is 6.29. The number of carbonyl (C=O) groups excluding carboxylic acids is 2. The molecule has 1 atom stereocenters. The first-order valence-electron chi connectivity index (χ1n) is 8.78. The molecule has 1 aliphatic carbocycles. The van der Waals surface area contributed by atoms with E-state index in [9.17, 15) is 9.59 Å². The summed E-state index contributed by atoms with van der Waals surface area (Å²) >= 11 is 0. The molecule has 2 aromatic carbocycles. The number of rotatable bonds is 6. The van der Waals surface area contributed by atoms with Crippen molar-refractivity contribution in [2.24, 2.45) is 0 Å². The van der Waals surface area contributed by atoms with Crippen molar-refractivity contribution in [1.82, 2.24) is 5.32 Å². The van der Waals surface area contributed by atoms with Gasteiger partial charge in [0.15, 0.2) is 0 Å². The third-order valence-corrected chi connectivity index (χ3v) is 4.70. The van der Waals surface area contributed by atoms with Crippen LogP contribution in [-0.2, 0) is 14.3 Å². The number of carbonyl (C=O) groups is 2. The second-order valence-corrected chi connectivity index (χ2v) is 6.29. The summed E-state index contributed by atoms with van der Waals surface area (Å²) in [5.74, 6) is 1.87. The van der Waals surface area contributed by atoms with Crippen LogP contribution < -0.4 is 5.32 Å². The summed E-state index contributed by atoms with van der Waals surface area (Å²) in [7, 11) is 1.27. The largest absolute Gasteiger partial charge is 0.467 e. The zero-order chi connectivity index (χ0) is 19.2. The summed E-state index contributed by atoms with van der Waals surface area (Å²) in [6.07, 6.45) is 5.22. The Morgan fingerprint density at radius 1 is 1.11 bits per heavy atom. The molecule has 0 aliphatic heterocycles. The summed E-state index contributed by atoms with van der Waals surface area (Å²) in [5, 5.41) is 2.54. The van der Waals surface area contributed by atoms with Gasteiger partial charge >= 0.3 is 12.1 Å². The number of terminal acetylenes is 1. The highest BCUT2D eigenvalue weighted by Gasteiger charge is 2.29. The second kappa shape index (κ2) is 8.41. The standard InChI is InChI=1S/C22H21NO4/c1-3-4-13-20(21(24)26-2)23-22(25)27-14-19-17-11-7-5-9-15(17)16-10-6-8-12-18(16)19/h1,5-12,19-20H,4,13-14H2,2H3,(H,23,25)/t20-/m1/s1. The molecule has 1 aliphatic rings. The van der Waals surface area contributed by atoms with Crippen molar-refractivity contribution in [3.63, 3.8) is 0 Å². The average Bonchev–Trinajstić information content (AvgIpc) is 3.03. The van der Waals surface area contributed by atoms with E-state index in [1.165, 1.54) is 7.11 Å². The van der Waals surface area contributed by atoms with Gasteiger partial charge in [-0.3, -0.25) is 0 Å². The number of nitrogens with one attached hydrogen (secondary N) is 1. The topological polar surface area (TPSA) is 64.6 Å². The van der Waals surface area contributed by atoms with Gasteiger partial charge in [-0.25, -0.2) is 9.59 Å². The summed E-state index contributed by atoms with van der Waals surface area (Å²) in [4.78, 5) is 24.0. The number of hydrogen-bond donors (Lipinski definition) is 1. The SMILES string of the molecule is C#CCC[C@@H](NC(=O)OCC1c2ccccc2-c2ccccc21)C(=O)OC. The highest BCUT2D eigenvalue weighted by Crippen LogP contribution is 2.44. The molecule has 0 fully saturated rings. The van der Waals surface area contributed by atoms with Crippen LogP contribution in [0.2, 0.25) is 0 Å². The van der Waals surface area contributed by atoms with E-state index in [1.54, 1.807) is 0 Å². The van der Waals surface area contributed by atoms with Gasteiger partial charge in [-0.1, -0.05) is 48.5 Å². The minimum Gasteiger partial charge on any atom is -0.467 e. The molecule has 138 valence electrons. The molecule has 0 aromatic heterocycles. The van der Waals surface area contributed by atoms with Gasteiger partial charge in [0.1, 0.15) is 12.6 Å². The molecule has 0 saturated heterocycles. The van der Waals surface area contributed by atoms with Gasteiger partial charge < -0.3 is 14.8 Å². The van der Waals surface area contributed by atoms with E-state index in [0.29, 0.717) is 12.8 Å². The van der Waals surface area contributed by atoms with Crippen LogP contribution in [0.5, 0.6) is 0 Å². The van der Waals surface area contributed by atoms with Gasteiger partial charge in [0.25, 0.3) is 0 Å². The Morgan fingerprint density at radius 3 is 2.26 bits per heavy atom. The van der Waals surface area contributed by atoms with Crippen LogP contribution in [0.1, 0.15) is 29.9 Å². The maximum Gasteiger partial charge on any atom is 0.407 e. The van der Waals surface area contributed by atoms with Gasteiger partial charge in [-0.15, -0.1) is 12.3 Å². The Balaban J connectivity index is 1.68. The lowest BCUT2D eigenvalue weighted by atomic mass is 9.98. The van der Waals surface area contributed by atoms with Gasteiger partial charge in [0.05, 0.1) is 7.11 Å². The van der Waals surface area contributed by atoms with Crippen molar-refractivity contribution in [2.45, 2.75) is 24.8 Å². The Hall–Kier alpha value is -3.26. The molecule has 1 amide bonds. The van der Waals surface area contributed by atoms with Gasteiger partial charge in [-0.05, 0) is 28.7 Å². The average molecular weight is 363 g/mol. The molecule has 2 aromatic rings. The van der Waals surface area contributed by atoms with Crippen LogP contribution in [0.15, 0.2) is 48.5 Å². The number of esters is 1. The molecule has 27 heavy (non-hydrogen) atoms. The van der Waals surface area contributed by atoms with E-state index in [1.807, 2.05) is 36.4 Å². The molecule has 5 heteroatoms. The maximum atomic E-state index is 12.2. The minimum absolute atomic E-state index is 0.0366. The lowest BCUT2D eigenvalue weighted by Crippen LogP contribution is -2.42. The highest BCUT2D eigenvalue weighted by atomic mass is 16.6. The zero-order valence-electron chi connectivity index (χ0n) is 15.1. The van der Waals surface area contributed by atoms with E-state index >= 15 is 0 Å². The zero-order valence-corrected chi connectivity index (χ0v) is 15.1. The lowest BCUT2D eigenvalue weighted by molar-refractivity contribution is -0.143. The van der Waals surface area contributed by atoms with Crippen LogP contribution in [-0.4, -0.2) is 31.8 Å². The molecule has 0 radical (unpaired) electrons. The third-order valence-electron chi connectivity index (χ3n) is 4.70. The predicted octanol–water partition coefficient (Wildman–Crippen LogP) is 3.48. The summed E-state index contributed by atoms with van der Waals surface area (Å²) < 4.78 is 10.1. The maximum absolute atomic E-state index is 12.2. The molecule has 3 rings (SSSR count). The van der Waals surface area contributed by atoms with Crippen molar-refractivity contribution in [1.29, 1.82) is 0 Å². The van der Waals surface area contributed by atoms with E-state index < -0.39 is 18.1 Å². The van der Waals surface area contributed by atoms with E-state index in [4.69, 9.17) is 15.9 Å². The molecule has 1 N–H and O–H groups in total. The van der Waals surface area contributed by atoms with Crippen molar-refractivity contribution < 1.29 is 19.1 Å². The van der Waals surface area contributed by atoms with Crippen molar-refractivity contribution in [2.75, 3.05) is 13.7 Å². The van der Waals surface area contributed by atoms with Crippen molar-refractivity contribution in [3.8, 4) is 23.5 Å². The number of benzene rings is 2. The van der Waals surface area contributed by atoms with Crippen molar-refractivity contribution >= 4 is 12.1 Å². The monoisotopic (exact) mass is 363 g/mol. The van der Waals surface area contributed by atoms with Crippen LogP contribution in [0, 0.1) is 12.3 Å². The number of methoxy groups -OCH3 is 1. The van der Waals surface area contributed by atoms with Crippen LogP contribution in [0.4, 0.5) is 4.79 Å². The van der Waals surface area contributed by atoms with Gasteiger partial charge in [0, 0.05) is 12.3 Å². The predicted molar refractivity (Wildman–Crippen MR) is 102 cm³/mol. The van der Waals surface area contributed by atoms with Gasteiger partial charge in [0.2, 0.25) is 0 Å². The molecule has 0 saturated carbocycles. The quantitative estimate of drug-likeness (QED) is 0.630. The van der Waals surface area contributed by atoms with E-state index in [2.05, 4.69) is 23.4 Å². The molecule has 5 nitrogen and oxygen atoms in total. The normalized spacial score (nSPS) is 13.0.